The molecular weight excluding hydrogens is 274 g/mol. The average Bonchev–Trinajstić information content (AvgIpc) is 2.37. The Bertz CT molecular complexity index is 556. The fourth-order valence-electron chi connectivity index (χ4n) is 1.95. The fourth-order valence-corrected chi connectivity index (χ4v) is 3.05. The van der Waals surface area contributed by atoms with Crippen LogP contribution in [0.15, 0.2) is 29.2 Å². The molecule has 0 bridgehead atoms. The molecule has 0 aliphatic heterocycles. The summed E-state index contributed by atoms with van der Waals surface area (Å²) in [4.78, 5) is 0.233. The first-order valence-electron chi connectivity index (χ1n) is 6.69. The quantitative estimate of drug-likeness (QED) is 0.775. The van der Waals surface area contributed by atoms with Crippen molar-refractivity contribution in [1.29, 1.82) is 5.26 Å². The Balaban J connectivity index is 2.55. The minimum Gasteiger partial charge on any atom is -0.377 e. The van der Waals surface area contributed by atoms with Crippen LogP contribution in [0.25, 0.3) is 0 Å². The van der Waals surface area contributed by atoms with E-state index in [2.05, 4.69) is 13.8 Å². The van der Waals surface area contributed by atoms with Crippen molar-refractivity contribution in [2.75, 3.05) is 12.4 Å². The maximum atomic E-state index is 12.1. The van der Waals surface area contributed by atoms with Crippen LogP contribution in [0.2, 0.25) is 0 Å². The van der Waals surface area contributed by atoms with Gasteiger partial charge in [0.15, 0.2) is 9.84 Å². The molecule has 0 radical (unpaired) electrons. The van der Waals surface area contributed by atoms with Crippen LogP contribution in [0.4, 0.5) is 0 Å². The topological polar surface area (TPSA) is 67.2 Å². The van der Waals surface area contributed by atoms with Crippen molar-refractivity contribution in [2.45, 2.75) is 38.2 Å². The summed E-state index contributed by atoms with van der Waals surface area (Å²) in [7, 11) is -3.34. The molecule has 1 atom stereocenters. The molecule has 0 N–H and O–H groups in total. The van der Waals surface area contributed by atoms with Gasteiger partial charge in [0.2, 0.25) is 0 Å². The molecule has 0 aliphatic rings. The zero-order chi connectivity index (χ0) is 15.2. The Morgan fingerprint density at radius 3 is 2.30 bits per heavy atom. The predicted octanol–water partition coefficient (Wildman–Crippen LogP) is 2.78. The maximum absolute atomic E-state index is 12.1. The van der Waals surface area contributed by atoms with E-state index in [-0.39, 0.29) is 23.4 Å². The van der Waals surface area contributed by atoms with Crippen LogP contribution in [0, 0.1) is 17.2 Å². The molecule has 0 aliphatic carbocycles. The van der Waals surface area contributed by atoms with E-state index < -0.39 is 9.84 Å². The third-order valence-corrected chi connectivity index (χ3v) is 4.59. The number of rotatable bonds is 7. The number of hydrogen-bond donors (Lipinski definition) is 0. The Hall–Kier alpha value is -1.38. The highest BCUT2D eigenvalue weighted by molar-refractivity contribution is 7.91. The Labute approximate surface area is 121 Å². The van der Waals surface area contributed by atoms with Gasteiger partial charge in [-0.25, -0.2) is 8.42 Å². The first-order valence-corrected chi connectivity index (χ1v) is 8.35. The molecule has 110 valence electrons. The summed E-state index contributed by atoms with van der Waals surface area (Å²) in [5.74, 6) is 0.488. The summed E-state index contributed by atoms with van der Waals surface area (Å²) in [6, 6.07) is 7.91. The first-order chi connectivity index (χ1) is 9.35. The smallest absolute Gasteiger partial charge is 0.180 e. The zero-order valence-electron chi connectivity index (χ0n) is 12.2. The third-order valence-electron chi connectivity index (χ3n) is 2.90. The Morgan fingerprint density at radius 1 is 1.20 bits per heavy atom. The van der Waals surface area contributed by atoms with E-state index in [1.165, 1.54) is 24.3 Å². The molecule has 1 unspecified atom stereocenters. The van der Waals surface area contributed by atoms with Crippen LogP contribution in [-0.2, 0) is 14.6 Å². The summed E-state index contributed by atoms with van der Waals surface area (Å²) in [5, 5.41) is 8.69. The van der Waals surface area contributed by atoms with Gasteiger partial charge in [0.25, 0.3) is 0 Å². The van der Waals surface area contributed by atoms with Gasteiger partial charge in [0.05, 0.1) is 35.0 Å². The van der Waals surface area contributed by atoms with Crippen LogP contribution >= 0.6 is 0 Å². The monoisotopic (exact) mass is 295 g/mol. The number of sulfone groups is 1. The van der Waals surface area contributed by atoms with Gasteiger partial charge in [-0.1, -0.05) is 13.8 Å². The van der Waals surface area contributed by atoms with Crippen molar-refractivity contribution in [3.8, 4) is 6.07 Å². The molecule has 4 nitrogen and oxygen atoms in total. The fraction of sp³-hybridized carbons (Fsp3) is 0.533. The van der Waals surface area contributed by atoms with Crippen LogP contribution in [0.3, 0.4) is 0 Å². The molecule has 0 spiro atoms. The summed E-state index contributed by atoms with van der Waals surface area (Å²) >= 11 is 0. The first kappa shape index (κ1) is 16.7. The Kier molecular flexibility index (Phi) is 6.18. The average molecular weight is 295 g/mol. The van der Waals surface area contributed by atoms with Gasteiger partial charge in [0, 0.05) is 0 Å². The lowest BCUT2D eigenvalue weighted by molar-refractivity contribution is 0.0627. The van der Waals surface area contributed by atoms with Gasteiger partial charge < -0.3 is 4.74 Å². The van der Waals surface area contributed by atoms with E-state index >= 15 is 0 Å². The highest BCUT2D eigenvalue weighted by atomic mass is 32.2. The molecule has 5 heteroatoms. The molecule has 1 rings (SSSR count). The lowest BCUT2D eigenvalue weighted by Gasteiger charge is -2.15. The van der Waals surface area contributed by atoms with E-state index in [1.807, 2.05) is 13.0 Å². The largest absolute Gasteiger partial charge is 0.377 e. The van der Waals surface area contributed by atoms with Gasteiger partial charge in [-0.15, -0.1) is 0 Å². The lowest BCUT2D eigenvalue weighted by atomic mass is 10.1. The second-order valence-electron chi connectivity index (χ2n) is 5.27. The zero-order valence-corrected chi connectivity index (χ0v) is 13.0. The third kappa shape index (κ3) is 5.32. The predicted molar refractivity (Wildman–Crippen MR) is 78.1 cm³/mol. The van der Waals surface area contributed by atoms with Crippen molar-refractivity contribution in [3.63, 3.8) is 0 Å². The van der Waals surface area contributed by atoms with Crippen LogP contribution in [-0.4, -0.2) is 26.9 Å². The van der Waals surface area contributed by atoms with Crippen LogP contribution in [0.5, 0.6) is 0 Å². The molecular formula is C15H21NO3S. The molecule has 1 aromatic rings. The number of nitrogens with zero attached hydrogens (tertiary/aromatic N) is 1. The van der Waals surface area contributed by atoms with Gasteiger partial charge in [-0.3, -0.25) is 0 Å². The highest BCUT2D eigenvalue weighted by Crippen LogP contribution is 2.13. The molecule has 0 amide bonds. The minimum atomic E-state index is -3.34. The van der Waals surface area contributed by atoms with E-state index in [1.54, 1.807) is 0 Å². The van der Waals surface area contributed by atoms with Crippen molar-refractivity contribution in [1.82, 2.24) is 0 Å². The molecule has 0 saturated heterocycles. The molecule has 0 aromatic heterocycles. The van der Waals surface area contributed by atoms with Crippen molar-refractivity contribution >= 4 is 9.84 Å². The van der Waals surface area contributed by atoms with Crippen molar-refractivity contribution < 1.29 is 13.2 Å². The number of benzene rings is 1. The maximum Gasteiger partial charge on any atom is 0.180 e. The van der Waals surface area contributed by atoms with E-state index in [4.69, 9.17) is 10.00 Å². The van der Waals surface area contributed by atoms with Gasteiger partial charge in [-0.2, -0.15) is 5.26 Å². The lowest BCUT2D eigenvalue weighted by Crippen LogP contribution is -2.18. The Morgan fingerprint density at radius 2 is 1.80 bits per heavy atom. The summed E-state index contributed by atoms with van der Waals surface area (Å²) in [6.45, 7) is 6.35. The molecule has 1 aromatic carbocycles. The van der Waals surface area contributed by atoms with Crippen molar-refractivity contribution in [2.24, 2.45) is 5.92 Å². The molecule has 0 heterocycles. The number of nitriles is 1. The standard InChI is InChI=1S/C15H21NO3S/c1-12(2)10-13(3)19-8-9-20(17,18)15-6-4-14(11-16)5-7-15/h4-7,12-13H,8-10H2,1-3H3. The van der Waals surface area contributed by atoms with Gasteiger partial charge in [-0.05, 0) is 43.5 Å². The molecule has 0 fully saturated rings. The van der Waals surface area contributed by atoms with E-state index in [0.717, 1.165) is 6.42 Å². The SMILES string of the molecule is CC(C)CC(C)OCCS(=O)(=O)c1ccc(C#N)cc1. The second kappa shape index (κ2) is 7.41. The van der Waals surface area contributed by atoms with E-state index in [0.29, 0.717) is 11.5 Å². The van der Waals surface area contributed by atoms with Crippen molar-refractivity contribution in [3.05, 3.63) is 29.8 Å². The summed E-state index contributed by atoms with van der Waals surface area (Å²) in [5.41, 5.74) is 0.450. The molecule has 0 saturated carbocycles. The number of ether oxygens (including phenoxy) is 1. The second-order valence-corrected chi connectivity index (χ2v) is 7.38. The highest BCUT2D eigenvalue weighted by Gasteiger charge is 2.15. The van der Waals surface area contributed by atoms with Crippen LogP contribution in [0.1, 0.15) is 32.8 Å². The normalized spacial score (nSPS) is 13.2. The summed E-state index contributed by atoms with van der Waals surface area (Å²) < 4.78 is 29.7. The van der Waals surface area contributed by atoms with Crippen LogP contribution < -0.4 is 0 Å². The summed E-state index contributed by atoms with van der Waals surface area (Å²) in [6.07, 6.45) is 0.975. The van der Waals surface area contributed by atoms with Gasteiger partial charge in [0.1, 0.15) is 0 Å². The number of hydrogen-bond acceptors (Lipinski definition) is 4. The molecule has 20 heavy (non-hydrogen) atoms. The van der Waals surface area contributed by atoms with E-state index in [9.17, 15) is 8.42 Å². The van der Waals surface area contributed by atoms with Gasteiger partial charge >= 0.3 is 0 Å². The minimum absolute atomic E-state index is 0.0403.